The molecule has 26 nitrogen and oxygen atoms in total. The number of fused-ring (bicyclic) bond motifs is 1. The first-order valence-corrected chi connectivity index (χ1v) is 33.9. The van der Waals surface area contributed by atoms with Gasteiger partial charge in [0.25, 0.3) is 5.91 Å². The minimum absolute atomic E-state index is 0.0308. The quantitative estimate of drug-likeness (QED) is 0.0139. The van der Waals surface area contributed by atoms with Crippen molar-refractivity contribution in [1.82, 2.24) is 10.8 Å². The van der Waals surface area contributed by atoms with Crippen molar-refractivity contribution < 1.29 is 106 Å². The Morgan fingerprint density at radius 3 is 2.24 bits per heavy atom. The molecular weight excluding hydrogens is 1240 g/mol. The van der Waals surface area contributed by atoms with Gasteiger partial charge < -0.3 is 92.6 Å². The van der Waals surface area contributed by atoms with E-state index in [0.29, 0.717) is 0 Å². The summed E-state index contributed by atoms with van der Waals surface area (Å²) in [6, 6.07) is 1.39. The molecule has 7 N–H and O–H groups in total. The zero-order chi connectivity index (χ0) is 64.9. The predicted molar refractivity (Wildman–Crippen MR) is 331 cm³/mol. The highest BCUT2D eigenvalue weighted by Crippen LogP contribution is 2.43. The van der Waals surface area contributed by atoms with Crippen molar-refractivity contribution in [1.29, 1.82) is 0 Å². The maximum atomic E-state index is 15.6. The lowest BCUT2D eigenvalue weighted by Crippen LogP contribution is -2.65. The average Bonchev–Trinajstić information content (AvgIpc) is 0.971. The Bertz CT molecular complexity index is 2890. The van der Waals surface area contributed by atoms with Gasteiger partial charge in [0.1, 0.15) is 36.2 Å². The highest BCUT2D eigenvalue weighted by atomic mass is 33.5. The predicted octanol–water partition coefficient (Wildman–Crippen LogP) is 3.77. The van der Waals surface area contributed by atoms with Crippen molar-refractivity contribution in [3.8, 4) is 35.2 Å². The van der Waals surface area contributed by atoms with Crippen LogP contribution in [-0.2, 0) is 66.5 Å². The molecule has 0 radical (unpaired) electrons. The monoisotopic (exact) mass is 1320 g/mol. The SMILES string of the molecule is C=C(OC)C(=O)Nc1cc(OC)c(OC)cc1C(=O)O[C@H]1C[C@H](O[C@@H]2C(=O)C(=NC(=O)OC)C3=C(CCSSSC)[C@]2(O)C#C/C=C/C#C[C@@H]3O[C@@H]2O[C@H](C)[C@@H](NO[C@H]3C[C@H](O)[C@H](SC)[C@@H](C)O3)[C@H](O)[C@H]2O[C@H]2C[C@H](OC)[C@@H](NC(C)C)CO2)O[C@@H](C)[C@@H]1O. The fraction of sp³-hybridized carbons (Fsp3) is 0.644. The minimum Gasteiger partial charge on any atom is -0.493 e. The number of carbonyl (C=O) groups is 4. The average molecular weight is 1330 g/mol. The van der Waals surface area contributed by atoms with Gasteiger partial charge in [-0.05, 0) is 67.3 Å². The Kier molecular flexibility index (Phi) is 27.0. The third-order valence-electron chi connectivity index (χ3n) is 15.3. The molecular formula is C59H80N4O22S4. The van der Waals surface area contributed by atoms with Crippen LogP contribution in [0.2, 0.25) is 0 Å². The van der Waals surface area contributed by atoms with Crippen molar-refractivity contribution in [2.24, 2.45) is 4.99 Å². The van der Waals surface area contributed by atoms with Gasteiger partial charge in [-0.15, -0.1) is 0 Å². The molecule has 0 spiro atoms. The van der Waals surface area contributed by atoms with E-state index < -0.39 is 134 Å². The summed E-state index contributed by atoms with van der Waals surface area (Å²) in [4.78, 5) is 66.6. The second-order valence-electron chi connectivity index (χ2n) is 21.5. The van der Waals surface area contributed by atoms with E-state index >= 15 is 4.79 Å². The molecule has 2 bridgehead atoms. The van der Waals surface area contributed by atoms with E-state index in [1.54, 1.807) is 14.0 Å². The van der Waals surface area contributed by atoms with Crippen LogP contribution in [0, 0.1) is 23.7 Å². The number of aliphatic hydroxyl groups excluding tert-OH is 3. The van der Waals surface area contributed by atoms with E-state index in [9.17, 15) is 34.8 Å². The van der Waals surface area contributed by atoms with Crippen LogP contribution in [0.5, 0.6) is 11.5 Å². The number of hydrogen-bond donors (Lipinski definition) is 7. The van der Waals surface area contributed by atoms with Crippen LogP contribution in [0.15, 0.2) is 52.8 Å². The van der Waals surface area contributed by atoms with E-state index in [2.05, 4.69) is 51.4 Å². The molecule has 0 aromatic heterocycles. The smallest absolute Gasteiger partial charge is 0.433 e. The summed E-state index contributed by atoms with van der Waals surface area (Å²) in [7, 11) is 10.8. The van der Waals surface area contributed by atoms with Crippen molar-refractivity contribution in [2.45, 2.75) is 182 Å². The van der Waals surface area contributed by atoms with E-state index in [1.165, 1.54) is 95.7 Å². The zero-order valence-corrected chi connectivity index (χ0v) is 54.7. The summed E-state index contributed by atoms with van der Waals surface area (Å²) in [6.07, 6.45) is -13.5. The number of nitrogens with one attached hydrogen (secondary N) is 3. The van der Waals surface area contributed by atoms with Crippen molar-refractivity contribution >= 4 is 78.3 Å². The lowest BCUT2D eigenvalue weighted by atomic mass is 9.72. The van der Waals surface area contributed by atoms with Crippen molar-refractivity contribution in [3.05, 3.63) is 53.3 Å². The molecule has 4 aliphatic heterocycles. The molecule has 6 aliphatic rings. The first-order chi connectivity index (χ1) is 42.5. The number of aliphatic imine (C=N–C) groups is 1. The van der Waals surface area contributed by atoms with E-state index in [0.717, 1.165) is 7.11 Å². The number of ketones is 1. The van der Waals surface area contributed by atoms with Crippen molar-refractivity contribution in [2.75, 3.05) is 65.7 Å². The topological polar surface area (TPSA) is 327 Å². The minimum atomic E-state index is -2.62. The summed E-state index contributed by atoms with van der Waals surface area (Å²) >= 11 is 1.47. The zero-order valence-electron chi connectivity index (χ0n) is 51.4. The number of amides is 2. The van der Waals surface area contributed by atoms with Gasteiger partial charge in [-0.25, -0.2) is 9.59 Å². The molecule has 0 unspecified atom stereocenters. The summed E-state index contributed by atoms with van der Waals surface area (Å²) in [5, 5.41) is 54.3. The lowest BCUT2D eigenvalue weighted by molar-refractivity contribution is -0.336. The lowest BCUT2D eigenvalue weighted by Gasteiger charge is -2.47. The number of aliphatic hydroxyl groups is 4. The summed E-state index contributed by atoms with van der Waals surface area (Å²) in [5.41, 5.74) is -0.914. The molecule has 4 saturated heterocycles. The Morgan fingerprint density at radius 2 is 1.57 bits per heavy atom. The first-order valence-electron chi connectivity index (χ1n) is 28.5. The molecule has 30 heteroatoms. The molecule has 1 aromatic carbocycles. The van der Waals surface area contributed by atoms with Crippen LogP contribution in [-0.4, -0.2) is 232 Å². The number of allylic oxidation sites excluding steroid dienone is 2. The van der Waals surface area contributed by atoms with Crippen molar-refractivity contribution in [3.63, 3.8) is 0 Å². The Hall–Kier alpha value is -4.49. The molecule has 0 saturated carbocycles. The fourth-order valence-electron chi connectivity index (χ4n) is 10.9. The van der Waals surface area contributed by atoms with Crippen LogP contribution in [0.1, 0.15) is 70.7 Å². The van der Waals surface area contributed by atoms with Gasteiger partial charge in [-0.3, -0.25) is 14.4 Å². The molecule has 4 fully saturated rings. The Morgan fingerprint density at radius 1 is 0.865 bits per heavy atom. The van der Waals surface area contributed by atoms with Gasteiger partial charge in [0, 0.05) is 55.9 Å². The normalized spacial score (nSPS) is 34.5. The van der Waals surface area contributed by atoms with Gasteiger partial charge in [-0.2, -0.15) is 22.2 Å². The molecule has 89 heavy (non-hydrogen) atoms. The number of anilines is 1. The van der Waals surface area contributed by atoms with Gasteiger partial charge in [0.05, 0.1) is 94.2 Å². The van der Waals surface area contributed by atoms with E-state index in [4.69, 9.17) is 66.4 Å². The number of hydrogen-bond acceptors (Lipinski definition) is 28. The van der Waals surface area contributed by atoms with E-state index in [-0.39, 0.29) is 94.7 Å². The summed E-state index contributed by atoms with van der Waals surface area (Å²) < 4.78 is 77.9. The second-order valence-corrected chi connectivity index (χ2v) is 27.0. The fourth-order valence-corrected chi connectivity index (χ4v) is 14.4. The standard InChI is InChI=1S/C59H80N4O22S4/c1-28(2)60-36-27-77-43(25-39(36)73-8)83-52-50(66)47(63-85-45-24-37(64)53(86-12)31(5)79-45)29(3)80-57(52)82-38-18-16-14-15-17-20-59(71)34(19-21-88-89-87-13)46(38)48(62-58(70)76-11)51(67)54(59)84-44-26-42(49(65)30(4)78-44)81-56(69)33-22-40(74-9)41(75-10)23-35(33)61-55(68)32(6)72-7/h14-15,22-23,28-31,36-39,42-45,47,49-50,52-54,57,60,63-66,71H,6,19,21,24-27H2,1-5,7-13H3,(H,61,68)/b15-14+,62-48?/t29-,30+,31-,36+,37+,38+,39+,42+,43+,44+,45+,47-,49+,50+,52-,53-,54-,57+,59-/m1/s1. The number of thioether (sulfide) groups is 1. The summed E-state index contributed by atoms with van der Waals surface area (Å²) in [6.45, 7) is 12.6. The van der Waals surface area contributed by atoms with Gasteiger partial charge in [0.2, 0.25) is 5.78 Å². The number of nitrogens with zero attached hydrogens (tertiary/aromatic N) is 1. The maximum Gasteiger partial charge on any atom is 0.433 e. The van der Waals surface area contributed by atoms with Gasteiger partial charge >= 0.3 is 12.1 Å². The number of esters is 1. The molecule has 2 amide bonds. The Labute approximate surface area is 533 Å². The maximum absolute atomic E-state index is 15.6. The third-order valence-corrected chi connectivity index (χ3v) is 20.5. The van der Waals surface area contributed by atoms with Crippen LogP contribution in [0.25, 0.3) is 0 Å². The number of ether oxygens (including phenoxy) is 13. The Balaban J connectivity index is 1.27. The summed E-state index contributed by atoms with van der Waals surface area (Å²) in [5.74, 6) is 8.71. The second kappa shape index (κ2) is 33.4. The van der Waals surface area contributed by atoms with Crippen LogP contribution < -0.4 is 25.6 Å². The van der Waals surface area contributed by atoms with Gasteiger partial charge in [0.15, 0.2) is 54.1 Å². The molecule has 1 aromatic rings. The number of carbonyl (C=O) groups excluding carboxylic acids is 4. The third kappa shape index (κ3) is 17.6. The molecule has 7 rings (SSSR count). The largest absolute Gasteiger partial charge is 0.493 e. The van der Waals surface area contributed by atoms with Gasteiger partial charge in [-0.1, -0.05) is 65.7 Å². The number of hydroxylamine groups is 1. The number of methoxy groups -OCH3 is 5. The number of Topliss-reactive ketones (excluding diaryl/α,β-unsaturated/α-hetero) is 1. The van der Waals surface area contributed by atoms with Crippen LogP contribution >= 0.6 is 43.2 Å². The highest BCUT2D eigenvalue weighted by Gasteiger charge is 2.57. The highest BCUT2D eigenvalue weighted by molar-refractivity contribution is 9.09. The first kappa shape index (κ1) is 71.9. The number of benzene rings is 1. The molecule has 2 aliphatic carbocycles. The molecule has 4 heterocycles. The van der Waals surface area contributed by atoms with Crippen LogP contribution in [0.3, 0.4) is 0 Å². The number of rotatable bonds is 25. The van der Waals surface area contributed by atoms with E-state index in [1.807, 2.05) is 33.3 Å². The van der Waals surface area contributed by atoms with Crippen LogP contribution in [0.4, 0.5) is 10.5 Å². The molecule has 19 atom stereocenters. The molecule has 492 valence electrons.